The van der Waals surface area contributed by atoms with E-state index in [1.165, 1.54) is 0 Å². The van der Waals surface area contributed by atoms with Crippen LogP contribution in [0.1, 0.15) is 11.1 Å². The molecule has 1 aromatic rings. The fraction of sp³-hybridized carbons (Fsp3) is 0.462. The van der Waals surface area contributed by atoms with Crippen LogP contribution in [0.3, 0.4) is 0 Å². The molecule has 0 aliphatic carbocycles. The second kappa shape index (κ2) is 6.05. The van der Waals surface area contributed by atoms with Gasteiger partial charge in [0.1, 0.15) is 6.04 Å². The molecule has 0 spiro atoms. The molecule has 1 aromatic carbocycles. The fourth-order valence-corrected chi connectivity index (χ4v) is 2.89. The number of carboxylic acids is 1. The van der Waals surface area contributed by atoms with E-state index >= 15 is 0 Å². The summed E-state index contributed by atoms with van der Waals surface area (Å²) in [5.74, 6) is -1.15. The molecule has 0 saturated heterocycles. The first-order valence-electron chi connectivity index (χ1n) is 6.11. The highest BCUT2D eigenvalue weighted by Gasteiger charge is 2.33. The van der Waals surface area contributed by atoms with E-state index in [0.717, 1.165) is 11.1 Å². The molecular formula is C13H14F3NO2S. The lowest BCUT2D eigenvalue weighted by Crippen LogP contribution is -2.46. The van der Waals surface area contributed by atoms with E-state index in [2.05, 4.69) is 0 Å². The van der Waals surface area contributed by atoms with Gasteiger partial charge in [-0.1, -0.05) is 24.3 Å². The van der Waals surface area contributed by atoms with Gasteiger partial charge < -0.3 is 5.11 Å². The van der Waals surface area contributed by atoms with E-state index in [4.69, 9.17) is 0 Å². The number of benzene rings is 1. The molecular weight excluding hydrogens is 291 g/mol. The smallest absolute Gasteiger partial charge is 0.441 e. The minimum atomic E-state index is -4.27. The number of fused-ring (bicyclic) bond motifs is 1. The highest BCUT2D eigenvalue weighted by Crippen LogP contribution is 2.31. The van der Waals surface area contributed by atoms with Gasteiger partial charge in [0, 0.05) is 18.8 Å². The van der Waals surface area contributed by atoms with Crippen molar-refractivity contribution < 1.29 is 23.1 Å². The van der Waals surface area contributed by atoms with Crippen molar-refractivity contribution in [1.29, 1.82) is 0 Å². The van der Waals surface area contributed by atoms with E-state index in [1.54, 1.807) is 4.90 Å². The zero-order valence-electron chi connectivity index (χ0n) is 10.6. The molecule has 1 unspecified atom stereocenters. The molecule has 0 radical (unpaired) electrons. The minimum absolute atomic E-state index is 0.107. The van der Waals surface area contributed by atoms with Gasteiger partial charge in [0.25, 0.3) is 0 Å². The Labute approximate surface area is 118 Å². The van der Waals surface area contributed by atoms with Crippen molar-refractivity contribution in [2.24, 2.45) is 0 Å². The average Bonchev–Trinajstić information content (AvgIpc) is 2.36. The molecule has 2 rings (SSSR count). The Bertz CT molecular complexity index is 493. The maximum Gasteiger partial charge on any atom is 0.441 e. The number of alkyl halides is 3. The fourth-order valence-electron chi connectivity index (χ4n) is 2.33. The van der Waals surface area contributed by atoms with Crippen LogP contribution in [0.15, 0.2) is 24.3 Å². The maximum absolute atomic E-state index is 12.1. The van der Waals surface area contributed by atoms with Crippen LogP contribution in [0.5, 0.6) is 0 Å². The van der Waals surface area contributed by atoms with Gasteiger partial charge in [-0.3, -0.25) is 9.69 Å². The molecule has 1 aliphatic heterocycles. The number of nitrogens with zero attached hydrogens (tertiary/aromatic N) is 1. The molecule has 1 atom stereocenters. The molecule has 3 nitrogen and oxygen atoms in total. The summed E-state index contributed by atoms with van der Waals surface area (Å²) in [6.07, 6.45) is 0.336. The van der Waals surface area contributed by atoms with Crippen LogP contribution < -0.4 is 0 Å². The molecule has 0 bridgehead atoms. The predicted octanol–water partition coefficient (Wildman–Crippen LogP) is 2.75. The minimum Gasteiger partial charge on any atom is -0.480 e. The van der Waals surface area contributed by atoms with Crippen LogP contribution in [0, 0.1) is 0 Å². The summed E-state index contributed by atoms with van der Waals surface area (Å²) in [5.41, 5.74) is -2.33. The zero-order chi connectivity index (χ0) is 14.8. The van der Waals surface area contributed by atoms with E-state index in [0.29, 0.717) is 13.0 Å². The van der Waals surface area contributed by atoms with Crippen LogP contribution in [0.2, 0.25) is 0 Å². The van der Waals surface area contributed by atoms with Crippen molar-refractivity contribution in [2.75, 3.05) is 12.3 Å². The van der Waals surface area contributed by atoms with Gasteiger partial charge >= 0.3 is 11.5 Å². The van der Waals surface area contributed by atoms with Gasteiger partial charge in [0.05, 0.1) is 0 Å². The van der Waals surface area contributed by atoms with Gasteiger partial charge in [-0.15, -0.1) is 0 Å². The Hall–Kier alpha value is -1.21. The third-order valence-corrected chi connectivity index (χ3v) is 3.99. The first-order valence-corrected chi connectivity index (χ1v) is 7.10. The topological polar surface area (TPSA) is 40.5 Å². The number of carboxylic acid groups (broad SMARTS) is 1. The highest BCUT2D eigenvalue weighted by atomic mass is 32.2. The number of carbonyl (C=O) groups is 1. The molecule has 0 fully saturated rings. The molecule has 0 amide bonds. The SMILES string of the molecule is O=C(O)C1Cc2ccccc2CN1CCSC(F)(F)F. The van der Waals surface area contributed by atoms with Gasteiger partial charge in [-0.05, 0) is 29.3 Å². The van der Waals surface area contributed by atoms with Crippen molar-refractivity contribution in [2.45, 2.75) is 24.5 Å². The summed E-state index contributed by atoms with van der Waals surface area (Å²) in [5, 5.41) is 9.22. The lowest BCUT2D eigenvalue weighted by atomic mass is 9.94. The standard InChI is InChI=1S/C13H14F3NO2S/c14-13(15,16)20-6-5-17-8-10-4-2-1-3-9(10)7-11(17)12(18)19/h1-4,11H,5-8H2,(H,18,19). The van der Waals surface area contributed by atoms with Gasteiger partial charge in [-0.2, -0.15) is 13.2 Å². The molecule has 110 valence electrons. The molecule has 20 heavy (non-hydrogen) atoms. The lowest BCUT2D eigenvalue weighted by Gasteiger charge is -2.34. The summed E-state index contributed by atoms with van der Waals surface area (Å²) in [6.45, 7) is 0.487. The number of hydrogen-bond acceptors (Lipinski definition) is 3. The van der Waals surface area contributed by atoms with E-state index in [-0.39, 0.29) is 24.1 Å². The summed E-state index contributed by atoms with van der Waals surface area (Å²) in [4.78, 5) is 12.9. The van der Waals surface area contributed by atoms with Crippen molar-refractivity contribution in [1.82, 2.24) is 4.90 Å². The van der Waals surface area contributed by atoms with Crippen LogP contribution in [0.25, 0.3) is 0 Å². The van der Waals surface area contributed by atoms with Crippen molar-refractivity contribution in [3.63, 3.8) is 0 Å². The first-order chi connectivity index (χ1) is 9.37. The first kappa shape index (κ1) is 15.2. The van der Waals surface area contributed by atoms with Crippen molar-refractivity contribution in [3.8, 4) is 0 Å². The summed E-state index contributed by atoms with van der Waals surface area (Å²) in [6, 6.07) is 6.69. The third-order valence-electron chi connectivity index (χ3n) is 3.28. The van der Waals surface area contributed by atoms with Crippen LogP contribution in [-0.4, -0.2) is 39.8 Å². The number of halogens is 3. The molecule has 1 aliphatic rings. The molecule has 0 saturated carbocycles. The molecule has 7 heteroatoms. The lowest BCUT2D eigenvalue weighted by molar-refractivity contribution is -0.143. The van der Waals surface area contributed by atoms with Gasteiger partial charge in [0.15, 0.2) is 0 Å². The normalized spacial score (nSPS) is 19.6. The highest BCUT2D eigenvalue weighted by molar-refractivity contribution is 8.00. The Balaban J connectivity index is 2.05. The number of hydrogen-bond donors (Lipinski definition) is 1. The Morgan fingerprint density at radius 3 is 2.60 bits per heavy atom. The molecule has 0 aromatic heterocycles. The predicted molar refractivity (Wildman–Crippen MR) is 70.5 cm³/mol. The second-order valence-corrected chi connectivity index (χ2v) is 5.75. The van der Waals surface area contributed by atoms with Crippen molar-refractivity contribution >= 4 is 17.7 Å². The van der Waals surface area contributed by atoms with Gasteiger partial charge in [-0.25, -0.2) is 0 Å². The summed E-state index contributed by atoms with van der Waals surface area (Å²) < 4.78 is 36.4. The van der Waals surface area contributed by atoms with Crippen LogP contribution >= 0.6 is 11.8 Å². The largest absolute Gasteiger partial charge is 0.480 e. The summed E-state index contributed by atoms with van der Waals surface area (Å²) >= 11 is -0.112. The molecule has 1 heterocycles. The molecule has 1 N–H and O–H groups in total. The Morgan fingerprint density at radius 1 is 1.35 bits per heavy atom. The second-order valence-electron chi connectivity index (χ2n) is 4.59. The Morgan fingerprint density at radius 2 is 2.00 bits per heavy atom. The third kappa shape index (κ3) is 3.89. The van der Waals surface area contributed by atoms with E-state index in [9.17, 15) is 23.1 Å². The average molecular weight is 305 g/mol. The van der Waals surface area contributed by atoms with Crippen LogP contribution in [0.4, 0.5) is 13.2 Å². The zero-order valence-corrected chi connectivity index (χ0v) is 11.4. The monoisotopic (exact) mass is 305 g/mol. The maximum atomic E-state index is 12.1. The summed E-state index contributed by atoms with van der Waals surface area (Å²) in [7, 11) is 0. The van der Waals surface area contributed by atoms with Crippen LogP contribution in [-0.2, 0) is 17.8 Å². The van der Waals surface area contributed by atoms with Crippen molar-refractivity contribution in [3.05, 3.63) is 35.4 Å². The number of rotatable bonds is 4. The van der Waals surface area contributed by atoms with E-state index < -0.39 is 17.5 Å². The Kier molecular flexibility index (Phi) is 4.59. The number of aliphatic carboxylic acids is 1. The number of thioether (sulfide) groups is 1. The quantitative estimate of drug-likeness (QED) is 0.928. The van der Waals surface area contributed by atoms with E-state index in [1.807, 2.05) is 24.3 Å². The van der Waals surface area contributed by atoms with Gasteiger partial charge in [0.2, 0.25) is 0 Å².